The molecule has 2 unspecified atom stereocenters. The summed E-state index contributed by atoms with van der Waals surface area (Å²) < 4.78 is 31.9. The number of carbonyl (C=O) groups is 1. The minimum Gasteiger partial charge on any atom is -0.373 e. The number of aliphatic hydroxyl groups excluding tert-OH is 1. The van der Waals surface area contributed by atoms with E-state index in [-0.39, 0.29) is 18.8 Å². The molecule has 0 saturated heterocycles. The first kappa shape index (κ1) is 19.7. The van der Waals surface area contributed by atoms with Crippen molar-refractivity contribution in [3.8, 4) is 0 Å². The van der Waals surface area contributed by atoms with Crippen molar-refractivity contribution < 1.29 is 22.9 Å². The van der Waals surface area contributed by atoms with Gasteiger partial charge in [-0.05, 0) is 17.9 Å². The van der Waals surface area contributed by atoms with E-state index in [1.807, 2.05) is 13.8 Å². The molecular weight excluding hydrogens is 320 g/mol. The quantitative estimate of drug-likeness (QED) is 0.489. The molecule has 0 bridgehead atoms. The number of rotatable bonds is 8. The van der Waals surface area contributed by atoms with Crippen LogP contribution in [0.2, 0.25) is 0 Å². The van der Waals surface area contributed by atoms with Crippen LogP contribution in [0.5, 0.6) is 0 Å². The molecule has 0 radical (unpaired) electrons. The highest BCUT2D eigenvalue weighted by Gasteiger charge is 2.49. The van der Waals surface area contributed by atoms with Gasteiger partial charge in [0.15, 0.2) is 5.78 Å². The molecule has 6 N–H and O–H groups in total. The third kappa shape index (κ3) is 5.08. The van der Waals surface area contributed by atoms with E-state index in [1.165, 1.54) is 0 Å². The third-order valence-corrected chi connectivity index (χ3v) is 4.57. The topological polar surface area (TPSA) is 144 Å². The van der Waals surface area contributed by atoms with Gasteiger partial charge in [0, 0.05) is 6.42 Å². The molecule has 0 aliphatic heterocycles. The number of nitrogens with two attached hydrogens (primary N) is 2. The van der Waals surface area contributed by atoms with Crippen LogP contribution in [0.15, 0.2) is 30.3 Å². The summed E-state index contributed by atoms with van der Waals surface area (Å²) in [6.45, 7) is 3.70. The first-order valence-electron chi connectivity index (χ1n) is 7.25. The second-order valence-corrected chi connectivity index (χ2v) is 7.65. The summed E-state index contributed by atoms with van der Waals surface area (Å²) in [6, 6.07) is 7.36. The molecule has 3 atom stereocenters. The van der Waals surface area contributed by atoms with E-state index < -0.39 is 32.9 Å². The van der Waals surface area contributed by atoms with Crippen LogP contribution in [0.25, 0.3) is 0 Å². The lowest BCUT2D eigenvalue weighted by molar-refractivity contribution is -0.128. The number of hydrogen-bond acceptors (Lipinski definition) is 6. The van der Waals surface area contributed by atoms with Crippen LogP contribution in [-0.2, 0) is 21.3 Å². The van der Waals surface area contributed by atoms with Gasteiger partial charge >= 0.3 is 0 Å². The molecule has 1 aromatic carbocycles. The van der Waals surface area contributed by atoms with Crippen molar-refractivity contribution in [2.45, 2.75) is 43.7 Å². The Kier molecular flexibility index (Phi) is 6.43. The second-order valence-electron chi connectivity index (χ2n) is 6.17. The molecular formula is C15H24N2O5S. The average Bonchev–Trinajstić information content (AvgIpc) is 2.44. The molecule has 23 heavy (non-hydrogen) atoms. The predicted molar refractivity (Wildman–Crippen MR) is 87.1 cm³/mol. The number of carbonyl (C=O) groups excluding carboxylic acids is 1. The minimum absolute atomic E-state index is 0.0813. The Balaban J connectivity index is 3.23. The Bertz CT molecular complexity index is 633. The molecule has 0 aliphatic carbocycles. The normalized spacial score (nSPS) is 17.5. The lowest BCUT2D eigenvalue weighted by Gasteiger charge is -2.33. The van der Waals surface area contributed by atoms with Gasteiger partial charge in [-0.3, -0.25) is 9.35 Å². The molecule has 0 aromatic heterocycles. The van der Waals surface area contributed by atoms with Crippen molar-refractivity contribution >= 4 is 15.9 Å². The van der Waals surface area contributed by atoms with E-state index in [0.29, 0.717) is 5.56 Å². The highest BCUT2D eigenvalue weighted by atomic mass is 32.2. The molecule has 0 spiro atoms. The summed E-state index contributed by atoms with van der Waals surface area (Å²) in [5.41, 5.74) is 7.64. The summed E-state index contributed by atoms with van der Waals surface area (Å²) in [5.74, 6) is -0.724. The van der Waals surface area contributed by atoms with Crippen LogP contribution in [0.1, 0.15) is 25.8 Å². The molecule has 0 heterocycles. The zero-order valence-corrected chi connectivity index (χ0v) is 14.0. The van der Waals surface area contributed by atoms with Gasteiger partial charge in [0.25, 0.3) is 10.1 Å². The number of benzene rings is 1. The molecule has 0 saturated carbocycles. The Morgan fingerprint density at radius 2 is 1.78 bits per heavy atom. The fourth-order valence-electron chi connectivity index (χ4n) is 2.46. The highest BCUT2D eigenvalue weighted by Crippen LogP contribution is 2.22. The lowest BCUT2D eigenvalue weighted by Crippen LogP contribution is -2.65. The number of aliphatic hydroxyl groups is 1. The van der Waals surface area contributed by atoms with Crippen molar-refractivity contribution in [1.82, 2.24) is 0 Å². The van der Waals surface area contributed by atoms with Gasteiger partial charge in [0.05, 0.1) is 6.04 Å². The van der Waals surface area contributed by atoms with E-state index in [9.17, 15) is 18.3 Å². The Morgan fingerprint density at radius 1 is 1.26 bits per heavy atom. The summed E-state index contributed by atoms with van der Waals surface area (Å²) in [4.78, 5) is 12.6. The smallest absolute Gasteiger partial charge is 0.294 e. The Hall–Kier alpha value is -1.32. The molecule has 1 aromatic rings. The maximum Gasteiger partial charge on any atom is 0.294 e. The van der Waals surface area contributed by atoms with Crippen LogP contribution in [0, 0.1) is 5.92 Å². The summed E-state index contributed by atoms with van der Waals surface area (Å²) >= 11 is 0. The van der Waals surface area contributed by atoms with E-state index in [2.05, 4.69) is 0 Å². The SMILES string of the molecule is CC(C)C[C@H](N)C(=O)C(N)(Cc1ccccc1)C(O)S(=O)(=O)O. The molecule has 8 heteroatoms. The standard InChI is InChI=1S/C15H24N2O5S/c1-10(2)8-12(16)13(18)15(17,14(19)23(20,21)22)9-11-6-4-3-5-7-11/h3-7,10,12,14,19H,8-9,16-17H2,1-2H3,(H,20,21,22)/t12-,14?,15?/m0/s1. The van der Waals surface area contributed by atoms with Crippen LogP contribution in [0.3, 0.4) is 0 Å². The molecule has 1 rings (SSSR count). The second kappa shape index (κ2) is 7.50. The van der Waals surface area contributed by atoms with Crippen molar-refractivity contribution in [2.24, 2.45) is 17.4 Å². The first-order chi connectivity index (χ1) is 10.5. The van der Waals surface area contributed by atoms with E-state index in [4.69, 9.17) is 16.0 Å². The number of hydrogen-bond donors (Lipinski definition) is 4. The fraction of sp³-hybridized carbons (Fsp3) is 0.533. The van der Waals surface area contributed by atoms with Crippen LogP contribution in [0.4, 0.5) is 0 Å². The third-order valence-electron chi connectivity index (χ3n) is 3.58. The fourth-order valence-corrected chi connectivity index (χ4v) is 3.19. The van der Waals surface area contributed by atoms with Gasteiger partial charge in [-0.1, -0.05) is 44.2 Å². The Labute approximate surface area is 136 Å². The van der Waals surface area contributed by atoms with Crippen LogP contribution < -0.4 is 11.5 Å². The van der Waals surface area contributed by atoms with Gasteiger partial charge in [-0.25, -0.2) is 0 Å². The predicted octanol–water partition coefficient (Wildman–Crippen LogP) is 0.0753. The van der Waals surface area contributed by atoms with Crippen molar-refractivity contribution in [3.63, 3.8) is 0 Å². The largest absolute Gasteiger partial charge is 0.373 e. The number of Topliss-reactive ketones (excluding diaryl/α,β-unsaturated/α-hetero) is 1. The van der Waals surface area contributed by atoms with Crippen molar-refractivity contribution in [3.05, 3.63) is 35.9 Å². The average molecular weight is 344 g/mol. The highest BCUT2D eigenvalue weighted by molar-refractivity contribution is 7.86. The Morgan fingerprint density at radius 3 is 2.22 bits per heavy atom. The van der Waals surface area contributed by atoms with Gasteiger partial charge in [0.2, 0.25) is 5.44 Å². The summed E-state index contributed by atoms with van der Waals surface area (Å²) in [7, 11) is -4.93. The van der Waals surface area contributed by atoms with Crippen LogP contribution >= 0.6 is 0 Å². The van der Waals surface area contributed by atoms with Crippen LogP contribution in [-0.4, -0.2) is 40.9 Å². The van der Waals surface area contributed by atoms with Crippen molar-refractivity contribution in [2.75, 3.05) is 0 Å². The van der Waals surface area contributed by atoms with Gasteiger partial charge in [-0.2, -0.15) is 8.42 Å². The van der Waals surface area contributed by atoms with Gasteiger partial charge < -0.3 is 16.6 Å². The monoisotopic (exact) mass is 344 g/mol. The summed E-state index contributed by atoms with van der Waals surface area (Å²) in [6.07, 6.45) is 0.0181. The maximum absolute atomic E-state index is 12.6. The van der Waals surface area contributed by atoms with Crippen molar-refractivity contribution in [1.29, 1.82) is 0 Å². The molecule has 7 nitrogen and oxygen atoms in total. The molecule has 0 amide bonds. The zero-order valence-electron chi connectivity index (χ0n) is 13.2. The van der Waals surface area contributed by atoms with Gasteiger partial charge in [0.1, 0.15) is 5.54 Å². The van der Waals surface area contributed by atoms with E-state index in [0.717, 1.165) is 0 Å². The first-order valence-corrected chi connectivity index (χ1v) is 8.76. The molecule has 0 aliphatic rings. The maximum atomic E-state index is 12.6. The number of ketones is 1. The van der Waals surface area contributed by atoms with Gasteiger partial charge in [-0.15, -0.1) is 0 Å². The summed E-state index contributed by atoms with van der Waals surface area (Å²) in [5, 5.41) is 9.98. The lowest BCUT2D eigenvalue weighted by atomic mass is 9.83. The van der Waals surface area contributed by atoms with E-state index >= 15 is 0 Å². The minimum atomic E-state index is -4.93. The molecule has 0 fully saturated rings. The van der Waals surface area contributed by atoms with E-state index in [1.54, 1.807) is 30.3 Å². The molecule has 130 valence electrons. The zero-order chi connectivity index (χ0) is 17.8.